The van der Waals surface area contributed by atoms with Crippen molar-refractivity contribution in [3.8, 4) is 5.75 Å². The van der Waals surface area contributed by atoms with Crippen LogP contribution in [0.15, 0.2) is 35.1 Å². The third kappa shape index (κ3) is 3.61. The summed E-state index contributed by atoms with van der Waals surface area (Å²) in [6, 6.07) is 6.37. The van der Waals surface area contributed by atoms with Crippen molar-refractivity contribution in [2.75, 3.05) is 7.05 Å². The van der Waals surface area contributed by atoms with Crippen molar-refractivity contribution >= 4 is 15.9 Å². The van der Waals surface area contributed by atoms with Crippen LogP contribution in [0.4, 0.5) is 0 Å². The van der Waals surface area contributed by atoms with Gasteiger partial charge in [0, 0.05) is 34.4 Å². The standard InChI is InChI=1S/C15H20BrN3O/c1-4-19-9-12(8-18-19)10-20-15-7-13(16)5-6-14(15)11(2)17-3/h5-9,11,17H,4,10H2,1-3H3. The Hall–Kier alpha value is -1.33. The highest BCUT2D eigenvalue weighted by atomic mass is 79.9. The first-order valence-corrected chi connectivity index (χ1v) is 7.54. The molecule has 108 valence electrons. The topological polar surface area (TPSA) is 39.1 Å². The first-order valence-electron chi connectivity index (χ1n) is 6.75. The van der Waals surface area contributed by atoms with Gasteiger partial charge in [0.25, 0.3) is 0 Å². The van der Waals surface area contributed by atoms with E-state index in [1.54, 1.807) is 0 Å². The lowest BCUT2D eigenvalue weighted by atomic mass is 10.1. The summed E-state index contributed by atoms with van der Waals surface area (Å²) in [7, 11) is 1.95. The summed E-state index contributed by atoms with van der Waals surface area (Å²) in [5.41, 5.74) is 2.23. The van der Waals surface area contributed by atoms with Crippen LogP contribution in [-0.2, 0) is 13.2 Å². The van der Waals surface area contributed by atoms with Crippen LogP contribution < -0.4 is 10.1 Å². The SMILES string of the molecule is CCn1cc(COc2cc(Br)ccc2C(C)NC)cn1. The van der Waals surface area contributed by atoms with Crippen LogP contribution in [-0.4, -0.2) is 16.8 Å². The lowest BCUT2D eigenvalue weighted by Crippen LogP contribution is -2.13. The van der Waals surface area contributed by atoms with Crippen LogP contribution >= 0.6 is 15.9 Å². The van der Waals surface area contributed by atoms with Gasteiger partial charge in [-0.3, -0.25) is 4.68 Å². The Morgan fingerprint density at radius 3 is 2.90 bits per heavy atom. The molecule has 2 rings (SSSR count). The number of hydrogen-bond donors (Lipinski definition) is 1. The Balaban J connectivity index is 2.13. The molecule has 1 aromatic carbocycles. The van der Waals surface area contributed by atoms with Gasteiger partial charge in [0.1, 0.15) is 12.4 Å². The van der Waals surface area contributed by atoms with Crippen molar-refractivity contribution in [1.29, 1.82) is 0 Å². The summed E-state index contributed by atoms with van der Waals surface area (Å²) in [5, 5.41) is 7.49. The second-order valence-electron chi connectivity index (χ2n) is 4.69. The molecule has 0 saturated carbocycles. The number of aryl methyl sites for hydroxylation is 1. The molecule has 2 aromatic rings. The molecule has 0 radical (unpaired) electrons. The molecule has 1 heterocycles. The van der Waals surface area contributed by atoms with Gasteiger partial charge >= 0.3 is 0 Å². The van der Waals surface area contributed by atoms with Crippen molar-refractivity contribution < 1.29 is 4.74 Å². The van der Waals surface area contributed by atoms with Crippen molar-refractivity contribution in [1.82, 2.24) is 15.1 Å². The van der Waals surface area contributed by atoms with Crippen LogP contribution in [0.3, 0.4) is 0 Å². The second-order valence-corrected chi connectivity index (χ2v) is 5.60. The predicted octanol–water partition coefficient (Wildman–Crippen LogP) is 3.52. The van der Waals surface area contributed by atoms with Crippen molar-refractivity contribution in [2.24, 2.45) is 0 Å². The minimum atomic E-state index is 0.247. The monoisotopic (exact) mass is 337 g/mol. The number of hydrogen-bond acceptors (Lipinski definition) is 3. The molecule has 20 heavy (non-hydrogen) atoms. The molecule has 1 N–H and O–H groups in total. The van der Waals surface area contributed by atoms with Gasteiger partial charge in [-0.2, -0.15) is 5.10 Å². The average Bonchev–Trinajstić information content (AvgIpc) is 2.92. The number of ether oxygens (including phenoxy) is 1. The number of nitrogens with one attached hydrogen (secondary N) is 1. The normalized spacial score (nSPS) is 12.4. The fourth-order valence-corrected chi connectivity index (χ4v) is 2.30. The third-order valence-electron chi connectivity index (χ3n) is 3.28. The quantitative estimate of drug-likeness (QED) is 0.876. The molecule has 0 aliphatic heterocycles. The molecule has 0 fully saturated rings. The summed E-state index contributed by atoms with van der Waals surface area (Å²) in [5.74, 6) is 0.894. The zero-order valence-corrected chi connectivity index (χ0v) is 13.6. The fourth-order valence-electron chi connectivity index (χ4n) is 1.96. The summed E-state index contributed by atoms with van der Waals surface area (Å²) in [4.78, 5) is 0. The molecule has 1 unspecified atom stereocenters. The number of halogens is 1. The molecule has 0 aliphatic rings. The lowest BCUT2D eigenvalue weighted by molar-refractivity contribution is 0.300. The molecule has 5 heteroatoms. The third-order valence-corrected chi connectivity index (χ3v) is 3.77. The van der Waals surface area contributed by atoms with Gasteiger partial charge in [0.15, 0.2) is 0 Å². The van der Waals surface area contributed by atoms with Gasteiger partial charge in [0.05, 0.1) is 6.20 Å². The molecule has 0 spiro atoms. The van der Waals surface area contributed by atoms with Gasteiger partial charge in [-0.05, 0) is 33.0 Å². The maximum atomic E-state index is 5.96. The Morgan fingerprint density at radius 2 is 2.25 bits per heavy atom. The van der Waals surface area contributed by atoms with E-state index in [4.69, 9.17) is 4.74 Å². The van der Waals surface area contributed by atoms with E-state index in [0.29, 0.717) is 6.61 Å². The molecule has 1 aromatic heterocycles. The van der Waals surface area contributed by atoms with E-state index in [-0.39, 0.29) is 6.04 Å². The van der Waals surface area contributed by atoms with Crippen LogP contribution in [0.5, 0.6) is 5.75 Å². The van der Waals surface area contributed by atoms with Gasteiger partial charge in [-0.25, -0.2) is 0 Å². The zero-order chi connectivity index (χ0) is 14.5. The minimum Gasteiger partial charge on any atom is -0.488 e. The van der Waals surface area contributed by atoms with Gasteiger partial charge in [-0.1, -0.05) is 22.0 Å². The molecule has 0 aliphatic carbocycles. The van der Waals surface area contributed by atoms with E-state index in [1.807, 2.05) is 36.3 Å². The van der Waals surface area contributed by atoms with Gasteiger partial charge in [0.2, 0.25) is 0 Å². The van der Waals surface area contributed by atoms with E-state index in [0.717, 1.165) is 27.9 Å². The van der Waals surface area contributed by atoms with Crippen molar-refractivity contribution in [3.05, 3.63) is 46.2 Å². The average molecular weight is 338 g/mol. The van der Waals surface area contributed by atoms with Crippen LogP contribution in [0.1, 0.15) is 31.0 Å². The highest BCUT2D eigenvalue weighted by Gasteiger charge is 2.11. The Labute approximate surface area is 128 Å². The highest BCUT2D eigenvalue weighted by Crippen LogP contribution is 2.29. The predicted molar refractivity (Wildman–Crippen MR) is 83.8 cm³/mol. The van der Waals surface area contributed by atoms with Crippen molar-refractivity contribution in [2.45, 2.75) is 33.0 Å². The number of aromatic nitrogens is 2. The molecule has 1 atom stereocenters. The largest absolute Gasteiger partial charge is 0.488 e. The molecule has 0 saturated heterocycles. The summed E-state index contributed by atoms with van der Waals surface area (Å²) >= 11 is 3.49. The number of nitrogens with zero attached hydrogens (tertiary/aromatic N) is 2. The highest BCUT2D eigenvalue weighted by molar-refractivity contribution is 9.10. The first-order chi connectivity index (χ1) is 9.63. The van der Waals surface area contributed by atoms with E-state index in [2.05, 4.69) is 46.3 Å². The summed E-state index contributed by atoms with van der Waals surface area (Å²) in [6.45, 7) is 5.59. The van der Waals surface area contributed by atoms with E-state index in [9.17, 15) is 0 Å². The minimum absolute atomic E-state index is 0.247. The van der Waals surface area contributed by atoms with Crippen molar-refractivity contribution in [3.63, 3.8) is 0 Å². The smallest absolute Gasteiger partial charge is 0.125 e. The lowest BCUT2D eigenvalue weighted by Gasteiger charge is -2.16. The second kappa shape index (κ2) is 6.90. The van der Waals surface area contributed by atoms with Crippen LogP contribution in [0, 0.1) is 0 Å². The first kappa shape index (κ1) is 15.1. The molecule has 0 amide bonds. The maximum Gasteiger partial charge on any atom is 0.125 e. The molecular formula is C15H20BrN3O. The Morgan fingerprint density at radius 1 is 1.45 bits per heavy atom. The van der Waals surface area contributed by atoms with E-state index in [1.165, 1.54) is 0 Å². The number of rotatable bonds is 6. The Kier molecular flexibility index (Phi) is 5.20. The van der Waals surface area contributed by atoms with Crippen LogP contribution in [0.2, 0.25) is 0 Å². The molecule has 0 bridgehead atoms. The van der Waals surface area contributed by atoms with Gasteiger partial charge < -0.3 is 10.1 Å². The Bertz CT molecular complexity index is 568. The molecule has 4 nitrogen and oxygen atoms in total. The van der Waals surface area contributed by atoms with Gasteiger partial charge in [-0.15, -0.1) is 0 Å². The zero-order valence-electron chi connectivity index (χ0n) is 12.1. The fraction of sp³-hybridized carbons (Fsp3) is 0.400. The number of benzene rings is 1. The summed E-state index contributed by atoms with van der Waals surface area (Å²) < 4.78 is 8.88. The molecular weight excluding hydrogens is 318 g/mol. The van der Waals surface area contributed by atoms with Crippen LogP contribution in [0.25, 0.3) is 0 Å². The van der Waals surface area contributed by atoms with E-state index < -0.39 is 0 Å². The maximum absolute atomic E-state index is 5.96. The summed E-state index contributed by atoms with van der Waals surface area (Å²) in [6.07, 6.45) is 3.86. The van der Waals surface area contributed by atoms with E-state index >= 15 is 0 Å².